The van der Waals surface area contributed by atoms with Crippen molar-refractivity contribution in [1.82, 2.24) is 4.57 Å². The summed E-state index contributed by atoms with van der Waals surface area (Å²) in [4.78, 5) is 42.7. The Bertz CT molecular complexity index is 1890. The lowest BCUT2D eigenvalue weighted by atomic mass is 9.95. The van der Waals surface area contributed by atoms with Crippen molar-refractivity contribution in [1.29, 1.82) is 0 Å². The number of thiazole rings is 1. The van der Waals surface area contributed by atoms with Gasteiger partial charge < -0.3 is 9.47 Å². The molecule has 0 amide bonds. The Kier molecular flexibility index (Phi) is 8.51. The van der Waals surface area contributed by atoms with Crippen LogP contribution >= 0.6 is 27.3 Å². The highest BCUT2D eigenvalue weighted by atomic mass is 79.9. The molecule has 1 aromatic heterocycles. The molecule has 0 unspecified atom stereocenters. The van der Waals surface area contributed by atoms with E-state index in [0.717, 1.165) is 21.2 Å². The fourth-order valence-electron chi connectivity index (χ4n) is 4.64. The number of carbonyl (C=O) groups excluding carboxylic acids is 1. The highest BCUT2D eigenvalue weighted by Gasteiger charge is 2.33. The molecular weight excluding hydrogens is 622 g/mol. The topological polar surface area (TPSA) is 113 Å². The van der Waals surface area contributed by atoms with Crippen molar-refractivity contribution in [2.75, 3.05) is 6.61 Å². The molecule has 1 aliphatic heterocycles. The van der Waals surface area contributed by atoms with Gasteiger partial charge in [0.1, 0.15) is 12.4 Å². The second-order valence-corrected chi connectivity index (χ2v) is 11.5. The van der Waals surface area contributed by atoms with E-state index in [1.54, 1.807) is 42.7 Å². The van der Waals surface area contributed by atoms with E-state index in [1.165, 1.54) is 23.5 Å². The molecule has 0 saturated carbocycles. The molecule has 0 N–H and O–H groups in total. The van der Waals surface area contributed by atoms with Crippen molar-refractivity contribution < 1.29 is 19.2 Å². The molecule has 0 saturated heterocycles. The van der Waals surface area contributed by atoms with Crippen LogP contribution in [0.5, 0.6) is 5.75 Å². The number of hydrogen-bond acceptors (Lipinski definition) is 8. The number of nitro benzene ring substituents is 1. The number of carbonyl (C=O) groups is 1. The zero-order valence-corrected chi connectivity index (χ0v) is 25.4. The minimum Gasteiger partial charge on any atom is -0.488 e. The number of rotatable bonds is 8. The number of nitrogens with zero attached hydrogens (tertiary/aromatic N) is 3. The lowest BCUT2D eigenvalue weighted by molar-refractivity contribution is -0.384. The Hall–Kier alpha value is -4.35. The largest absolute Gasteiger partial charge is 0.488 e. The first-order chi connectivity index (χ1) is 20.2. The van der Waals surface area contributed by atoms with Crippen molar-refractivity contribution >= 4 is 45.0 Å². The monoisotopic (exact) mass is 647 g/mol. The van der Waals surface area contributed by atoms with E-state index in [9.17, 15) is 19.7 Å². The summed E-state index contributed by atoms with van der Waals surface area (Å²) in [6, 6.07) is 18.6. The number of benzene rings is 3. The van der Waals surface area contributed by atoms with Crippen LogP contribution in [0.2, 0.25) is 0 Å². The normalized spacial score (nSPS) is 14.8. The minimum absolute atomic E-state index is 0.00347. The van der Waals surface area contributed by atoms with Crippen LogP contribution in [0, 0.1) is 17.0 Å². The standard InChI is InChI=1S/C31H26BrN3O6S/c1-4-40-30(37)27-19(3)33-31-34(28(27)21-9-5-18(2)6-10-21)29(36)26(42-31)16-22-15-23(32)11-14-25(22)41-17-20-7-12-24(13-8-20)35(38)39/h5-16,28H,4,17H2,1-3H3/b26-16+/t28-/m1/s1. The number of hydrogen-bond donors (Lipinski definition) is 0. The average Bonchev–Trinajstić information content (AvgIpc) is 3.26. The first-order valence-electron chi connectivity index (χ1n) is 13.1. The van der Waals surface area contributed by atoms with Crippen LogP contribution in [0.25, 0.3) is 6.08 Å². The molecule has 0 bridgehead atoms. The fourth-order valence-corrected chi connectivity index (χ4v) is 6.05. The number of nitro groups is 1. The van der Waals surface area contributed by atoms with Gasteiger partial charge in [-0.25, -0.2) is 9.79 Å². The van der Waals surface area contributed by atoms with E-state index >= 15 is 0 Å². The van der Waals surface area contributed by atoms with Crippen LogP contribution in [-0.2, 0) is 16.1 Å². The molecule has 0 fully saturated rings. The Balaban J connectivity index is 1.57. The summed E-state index contributed by atoms with van der Waals surface area (Å²) < 4.78 is 14.2. The number of halogens is 1. The third-order valence-corrected chi connectivity index (χ3v) is 8.19. The van der Waals surface area contributed by atoms with Crippen molar-refractivity contribution in [2.24, 2.45) is 4.99 Å². The Morgan fingerprint density at radius 3 is 2.50 bits per heavy atom. The molecule has 0 aliphatic carbocycles. The van der Waals surface area contributed by atoms with E-state index < -0.39 is 16.9 Å². The fraction of sp³-hybridized carbons (Fsp3) is 0.194. The van der Waals surface area contributed by atoms with Crippen LogP contribution < -0.4 is 19.6 Å². The number of aromatic nitrogens is 1. The summed E-state index contributed by atoms with van der Waals surface area (Å²) in [7, 11) is 0. The summed E-state index contributed by atoms with van der Waals surface area (Å²) in [5, 5.41) is 11.0. The van der Waals surface area contributed by atoms with E-state index in [2.05, 4.69) is 20.9 Å². The SMILES string of the molecule is CCOC(=O)C1=C(C)N=c2s/c(=C/c3cc(Br)ccc3OCc3ccc([N+](=O)[O-])cc3)c(=O)n2[C@@H]1c1ccc(C)cc1. The number of esters is 1. The van der Waals surface area contributed by atoms with Gasteiger partial charge in [-0.2, -0.15) is 0 Å². The van der Waals surface area contributed by atoms with E-state index in [-0.39, 0.29) is 24.5 Å². The summed E-state index contributed by atoms with van der Waals surface area (Å²) in [5.41, 5.74) is 3.79. The zero-order chi connectivity index (χ0) is 30.0. The molecule has 1 aliphatic rings. The first-order valence-corrected chi connectivity index (χ1v) is 14.7. The van der Waals surface area contributed by atoms with Crippen LogP contribution in [-0.4, -0.2) is 22.1 Å². The third kappa shape index (κ3) is 5.97. The zero-order valence-electron chi connectivity index (χ0n) is 23.0. The molecule has 11 heteroatoms. The van der Waals surface area contributed by atoms with Gasteiger partial charge in [0.25, 0.3) is 11.2 Å². The van der Waals surface area contributed by atoms with Gasteiger partial charge in [0.2, 0.25) is 0 Å². The van der Waals surface area contributed by atoms with Crippen LogP contribution in [0.3, 0.4) is 0 Å². The second-order valence-electron chi connectivity index (χ2n) is 9.61. The molecule has 42 heavy (non-hydrogen) atoms. The number of aryl methyl sites for hydroxylation is 1. The number of fused-ring (bicyclic) bond motifs is 1. The highest BCUT2D eigenvalue weighted by molar-refractivity contribution is 9.10. The lowest BCUT2D eigenvalue weighted by Crippen LogP contribution is -2.39. The van der Waals surface area contributed by atoms with Gasteiger partial charge in [-0.15, -0.1) is 0 Å². The summed E-state index contributed by atoms with van der Waals surface area (Å²) in [6.07, 6.45) is 1.75. The summed E-state index contributed by atoms with van der Waals surface area (Å²) >= 11 is 4.73. The number of ether oxygens (including phenoxy) is 2. The Morgan fingerprint density at radius 2 is 1.83 bits per heavy atom. The van der Waals surface area contributed by atoms with Crippen LogP contribution in [0.1, 0.15) is 42.1 Å². The smallest absolute Gasteiger partial charge is 0.338 e. The van der Waals surface area contributed by atoms with Gasteiger partial charge in [0.15, 0.2) is 4.80 Å². The van der Waals surface area contributed by atoms with Crippen molar-refractivity contribution in [3.8, 4) is 5.75 Å². The Labute approximate surface area is 253 Å². The molecule has 1 atom stereocenters. The lowest BCUT2D eigenvalue weighted by Gasteiger charge is -2.24. The molecule has 214 valence electrons. The number of allylic oxidation sites excluding steroid dienone is 1. The van der Waals surface area contributed by atoms with Gasteiger partial charge in [0, 0.05) is 22.2 Å². The van der Waals surface area contributed by atoms with Gasteiger partial charge in [-0.1, -0.05) is 57.1 Å². The molecule has 0 radical (unpaired) electrons. The highest BCUT2D eigenvalue weighted by Crippen LogP contribution is 2.31. The van der Waals surface area contributed by atoms with Gasteiger partial charge in [-0.3, -0.25) is 19.5 Å². The maximum absolute atomic E-state index is 14.0. The molecule has 4 aromatic rings. The predicted molar refractivity (Wildman–Crippen MR) is 163 cm³/mol. The third-order valence-electron chi connectivity index (χ3n) is 6.71. The maximum atomic E-state index is 14.0. The minimum atomic E-state index is -0.691. The van der Waals surface area contributed by atoms with Crippen LogP contribution in [0.4, 0.5) is 5.69 Å². The van der Waals surface area contributed by atoms with Gasteiger partial charge in [-0.05, 0) is 68.3 Å². The van der Waals surface area contributed by atoms with Crippen molar-refractivity contribution in [2.45, 2.75) is 33.4 Å². The van der Waals surface area contributed by atoms with Crippen molar-refractivity contribution in [3.63, 3.8) is 0 Å². The Morgan fingerprint density at radius 1 is 1.12 bits per heavy atom. The molecule has 3 aromatic carbocycles. The molecule has 5 rings (SSSR count). The number of non-ortho nitro benzene ring substituents is 1. The first kappa shape index (κ1) is 29.2. The molecule has 9 nitrogen and oxygen atoms in total. The molecule has 2 heterocycles. The summed E-state index contributed by atoms with van der Waals surface area (Å²) in [6.45, 7) is 5.84. The van der Waals surface area contributed by atoms with Gasteiger partial charge in [0.05, 0.1) is 33.4 Å². The maximum Gasteiger partial charge on any atom is 0.338 e. The van der Waals surface area contributed by atoms with E-state index in [4.69, 9.17) is 9.47 Å². The average molecular weight is 649 g/mol. The quantitative estimate of drug-likeness (QED) is 0.145. The second kappa shape index (κ2) is 12.3. The van der Waals surface area contributed by atoms with E-state index in [0.29, 0.717) is 31.9 Å². The molecular formula is C31H26BrN3O6S. The summed E-state index contributed by atoms with van der Waals surface area (Å²) in [5.74, 6) is 0.0217. The van der Waals surface area contributed by atoms with Gasteiger partial charge >= 0.3 is 5.97 Å². The predicted octanol–water partition coefficient (Wildman–Crippen LogP) is 5.36. The van der Waals surface area contributed by atoms with Crippen LogP contribution in [0.15, 0.2) is 92.3 Å². The van der Waals surface area contributed by atoms with Crippen molar-refractivity contribution in [3.05, 3.63) is 135 Å². The molecule has 0 spiro atoms. The van der Waals surface area contributed by atoms with E-state index in [1.807, 2.05) is 43.3 Å².